The maximum atomic E-state index is 6.80. The first-order chi connectivity index (χ1) is 52.1. The van der Waals surface area contributed by atoms with Crippen LogP contribution >= 0.6 is 0 Å². The van der Waals surface area contributed by atoms with E-state index in [0.717, 1.165) is 82.7 Å². The first-order valence-corrected chi connectivity index (χ1v) is 36.8. The highest BCUT2D eigenvalue weighted by molar-refractivity contribution is 7.13. The van der Waals surface area contributed by atoms with Crippen molar-refractivity contribution in [3.8, 4) is 33.6 Å². The van der Waals surface area contributed by atoms with Crippen LogP contribution in [0.3, 0.4) is 0 Å². The van der Waals surface area contributed by atoms with E-state index in [9.17, 15) is 0 Å². The second-order valence-electron chi connectivity index (χ2n) is 29.5. The Hall–Kier alpha value is -13.0. The fourth-order valence-corrected chi connectivity index (χ4v) is 20.5. The fourth-order valence-electron chi connectivity index (χ4n) is 20.5. The SMILES string of the molecule is c1ccc(B2c3ccccc3B(c3ccccc3)c3c2ccc2c3-c3cc(-n4c5ccccc5c5cc6c(cc54)oc4ccccc46)ccc3C23c2ccc(-n4c5ccccc5c5cc6oc7ccccc7c6cc54)cc2-c2c3ccc3c2B(c2ccccc2)c2ccccc2B3c2ccccc2)cc1. The quantitative estimate of drug-likeness (QED) is 0.156. The summed E-state index contributed by atoms with van der Waals surface area (Å²) in [4.78, 5) is 0. The fraction of sp³-hybridized carbons (Fsp3) is 0.0103. The number of benzene rings is 16. The summed E-state index contributed by atoms with van der Waals surface area (Å²) in [6, 6.07) is 134. The number of aromatic nitrogens is 2. The monoisotopic (exact) mass is 1330 g/mol. The molecule has 20 aromatic rings. The zero-order chi connectivity index (χ0) is 68.3. The molecule has 0 radical (unpaired) electrons. The standard InChI is InChI=1S/C97H58B4N2O2/c1-5-25-59(26-6-1)98-79-37-17-19-39-81(79)100(61-29-9-3-10-30-61)95-83(98)51-49-77-93(95)73-53-63(102-86-42-22-14-34-66(86)70-57-91-72(56-87(70)102)68-36-16-24-44-90(68)104-91)45-47-75(73)97(77)76-48-46-64(103-85-41-21-13-33-65(85)69-55-71-67-35-15-23-43-89(67)105-92(71)58-88(69)103)54-74(76)94-78(97)50-52-84-96(94)101(62-31-11-4-12-32-62)82-40-20-18-38-80(82)99(84)60-27-7-2-8-28-60/h1-58H. The summed E-state index contributed by atoms with van der Waals surface area (Å²) in [5, 5.41) is 9.20. The second kappa shape index (κ2) is 21.5. The summed E-state index contributed by atoms with van der Waals surface area (Å²) >= 11 is 0. The zero-order valence-electron chi connectivity index (χ0n) is 57.0. The summed E-state index contributed by atoms with van der Waals surface area (Å²) in [5.74, 6) is 0. The highest BCUT2D eigenvalue weighted by Crippen LogP contribution is 2.63. The van der Waals surface area contributed by atoms with Crippen molar-refractivity contribution in [2.75, 3.05) is 0 Å². The summed E-state index contributed by atoms with van der Waals surface area (Å²) in [6.45, 7) is -0.303. The van der Waals surface area contributed by atoms with Crippen LogP contribution in [0.25, 0.3) is 121 Å². The van der Waals surface area contributed by atoms with E-state index in [1.54, 1.807) is 0 Å². The second-order valence-corrected chi connectivity index (χ2v) is 29.5. The van der Waals surface area contributed by atoms with Gasteiger partial charge in [0.05, 0.1) is 27.5 Å². The lowest BCUT2D eigenvalue weighted by molar-refractivity contribution is 0.669. The summed E-state index contributed by atoms with van der Waals surface area (Å²) in [7, 11) is 0. The van der Waals surface area contributed by atoms with E-state index in [1.807, 2.05) is 0 Å². The van der Waals surface area contributed by atoms with Gasteiger partial charge in [-0.1, -0.05) is 345 Å². The number of hydrogen-bond acceptors (Lipinski definition) is 2. The maximum absolute atomic E-state index is 6.80. The molecule has 2 aliphatic carbocycles. The van der Waals surface area contributed by atoms with Crippen LogP contribution in [0, 0.1) is 0 Å². The van der Waals surface area contributed by atoms with Crippen LogP contribution in [0.1, 0.15) is 22.3 Å². The summed E-state index contributed by atoms with van der Waals surface area (Å²) < 4.78 is 18.5. The molecule has 0 saturated heterocycles. The van der Waals surface area contributed by atoms with Crippen LogP contribution in [0.4, 0.5) is 0 Å². The molecule has 1 unspecified atom stereocenters. The first-order valence-electron chi connectivity index (χ1n) is 36.8. The minimum atomic E-state index is -0.832. The molecular formula is C97H58B4N2O2. The van der Waals surface area contributed by atoms with Crippen molar-refractivity contribution in [2.45, 2.75) is 5.41 Å². The molecule has 8 heteroatoms. The summed E-state index contributed by atoms with van der Waals surface area (Å²) in [5.41, 5.74) is 35.6. The summed E-state index contributed by atoms with van der Waals surface area (Å²) in [6.07, 6.45) is 0. The number of hydrogen-bond donors (Lipinski definition) is 0. The number of rotatable bonds is 6. The molecule has 1 atom stereocenters. The third kappa shape index (κ3) is 7.74. The van der Waals surface area contributed by atoms with Crippen LogP contribution in [0.15, 0.2) is 361 Å². The van der Waals surface area contributed by atoms with E-state index in [2.05, 4.69) is 361 Å². The van der Waals surface area contributed by atoms with Gasteiger partial charge in [-0.2, -0.15) is 0 Å². The van der Waals surface area contributed by atoms with Crippen LogP contribution in [-0.4, -0.2) is 36.0 Å². The molecule has 0 bridgehead atoms. The first kappa shape index (κ1) is 57.6. The smallest absolute Gasteiger partial charge is 0.240 e. The lowest BCUT2D eigenvalue weighted by atomic mass is 9.20. The van der Waals surface area contributed by atoms with Gasteiger partial charge in [0.1, 0.15) is 22.3 Å². The minimum Gasteiger partial charge on any atom is -0.456 e. The Bertz CT molecular complexity index is 7120. The molecule has 0 amide bonds. The predicted molar refractivity (Wildman–Crippen MR) is 443 cm³/mol. The van der Waals surface area contributed by atoms with Crippen LogP contribution in [-0.2, 0) is 5.41 Å². The normalized spacial score (nSPS) is 14.6. The van der Waals surface area contributed by atoms with Crippen molar-refractivity contribution in [3.63, 3.8) is 0 Å². The van der Waals surface area contributed by atoms with Gasteiger partial charge in [-0.3, -0.25) is 0 Å². The van der Waals surface area contributed by atoms with E-state index >= 15 is 0 Å². The molecule has 105 heavy (non-hydrogen) atoms. The number of furan rings is 2. The topological polar surface area (TPSA) is 36.1 Å². The van der Waals surface area contributed by atoms with E-state index < -0.39 is 5.41 Å². The van der Waals surface area contributed by atoms with Gasteiger partial charge in [-0.25, -0.2) is 0 Å². The average molecular weight is 1330 g/mol. The molecule has 16 aromatic carbocycles. The number of nitrogens with zero attached hydrogens (tertiary/aromatic N) is 2. The lowest BCUT2D eigenvalue weighted by Gasteiger charge is -2.36. The minimum absolute atomic E-state index is 0.0401. The highest BCUT2D eigenvalue weighted by Gasteiger charge is 2.56. The third-order valence-corrected chi connectivity index (χ3v) is 24.5. The Morgan fingerprint density at radius 2 is 0.571 bits per heavy atom. The maximum Gasteiger partial charge on any atom is 0.240 e. The Morgan fingerprint density at radius 3 is 1.04 bits per heavy atom. The third-order valence-electron chi connectivity index (χ3n) is 24.5. The van der Waals surface area contributed by atoms with Gasteiger partial charge in [-0.05, 0) is 111 Å². The van der Waals surface area contributed by atoms with Crippen LogP contribution in [0.2, 0.25) is 0 Å². The number of fused-ring (bicyclic) bond motifs is 28. The molecule has 4 aliphatic rings. The van der Waals surface area contributed by atoms with Crippen LogP contribution in [0.5, 0.6) is 0 Å². The van der Waals surface area contributed by atoms with Crippen molar-refractivity contribution in [1.29, 1.82) is 0 Å². The Morgan fingerprint density at radius 1 is 0.219 bits per heavy atom. The van der Waals surface area contributed by atoms with Gasteiger partial charge in [-0.15, -0.1) is 0 Å². The average Bonchev–Trinajstić information content (AvgIpc) is 1.48. The van der Waals surface area contributed by atoms with Crippen LogP contribution < -0.4 is 65.6 Å². The van der Waals surface area contributed by atoms with Crippen molar-refractivity contribution in [1.82, 2.24) is 9.13 Å². The van der Waals surface area contributed by atoms with Gasteiger partial charge in [0.15, 0.2) is 0 Å². The van der Waals surface area contributed by atoms with E-state index in [1.165, 1.54) is 126 Å². The van der Waals surface area contributed by atoms with Gasteiger partial charge < -0.3 is 18.0 Å². The van der Waals surface area contributed by atoms with E-state index in [0.29, 0.717) is 0 Å². The van der Waals surface area contributed by atoms with E-state index in [4.69, 9.17) is 8.83 Å². The Labute approximate surface area is 607 Å². The highest BCUT2D eigenvalue weighted by atomic mass is 16.3. The number of para-hydroxylation sites is 4. The molecule has 4 aromatic heterocycles. The molecule has 6 heterocycles. The van der Waals surface area contributed by atoms with Gasteiger partial charge >= 0.3 is 0 Å². The molecule has 4 nitrogen and oxygen atoms in total. The predicted octanol–water partition coefficient (Wildman–Crippen LogP) is 14.7. The Balaban J connectivity index is 0.863. The van der Waals surface area contributed by atoms with Crippen molar-refractivity contribution in [3.05, 3.63) is 374 Å². The van der Waals surface area contributed by atoms with Crippen molar-refractivity contribution in [2.24, 2.45) is 0 Å². The molecule has 1 spiro atoms. The van der Waals surface area contributed by atoms with E-state index in [-0.39, 0.29) is 26.9 Å². The molecular weight excluding hydrogens is 1270 g/mol. The molecule has 0 saturated carbocycles. The molecule has 24 rings (SSSR count). The largest absolute Gasteiger partial charge is 0.456 e. The van der Waals surface area contributed by atoms with Gasteiger partial charge in [0.25, 0.3) is 0 Å². The molecule has 480 valence electrons. The van der Waals surface area contributed by atoms with Gasteiger partial charge in [0.2, 0.25) is 26.9 Å². The lowest BCUT2D eigenvalue weighted by Crippen LogP contribution is -2.75. The molecule has 0 fully saturated rings. The van der Waals surface area contributed by atoms with Gasteiger partial charge in [0, 0.05) is 60.5 Å². The Kier molecular flexibility index (Phi) is 11.8. The zero-order valence-corrected chi connectivity index (χ0v) is 57.0. The molecule has 2 aliphatic heterocycles. The van der Waals surface area contributed by atoms with Crippen molar-refractivity contribution < 1.29 is 8.83 Å². The van der Waals surface area contributed by atoms with Crippen molar-refractivity contribution >= 4 is 180 Å². The molecule has 0 N–H and O–H groups in total.